The predicted octanol–water partition coefficient (Wildman–Crippen LogP) is 2.55. The Hall–Kier alpha value is -2.12. The second-order valence-electron chi connectivity index (χ2n) is 5.33. The lowest BCUT2D eigenvalue weighted by atomic mass is 10.1. The number of hydrogen-bond donors (Lipinski definition) is 1. The number of aryl methyl sites for hydroxylation is 1. The minimum absolute atomic E-state index is 0.164. The van der Waals surface area contributed by atoms with E-state index in [0.717, 1.165) is 0 Å². The molecular weight excluding hydrogens is 328 g/mol. The predicted molar refractivity (Wildman–Crippen MR) is 91.2 cm³/mol. The number of benzene rings is 1. The largest absolute Gasteiger partial charge is 0.467 e. The Morgan fingerprint density at radius 2 is 1.92 bits per heavy atom. The van der Waals surface area contributed by atoms with Gasteiger partial charge in [-0.3, -0.25) is 4.79 Å². The van der Waals surface area contributed by atoms with Crippen LogP contribution in [-0.2, 0) is 16.6 Å². The number of carbonyl (C=O) groups excluding carboxylic acids is 1. The fraction of sp³-hybridized carbons (Fsp3) is 0.353. The van der Waals surface area contributed by atoms with Crippen LogP contribution in [0, 0.1) is 6.92 Å². The highest BCUT2D eigenvalue weighted by Gasteiger charge is 2.24. The van der Waals surface area contributed by atoms with E-state index in [4.69, 9.17) is 4.42 Å². The number of rotatable bonds is 7. The molecule has 0 unspecified atom stereocenters. The molecule has 0 saturated carbocycles. The first-order valence-corrected chi connectivity index (χ1v) is 9.25. The molecule has 6 nitrogen and oxygen atoms in total. The van der Waals surface area contributed by atoms with E-state index in [1.807, 2.05) is 0 Å². The summed E-state index contributed by atoms with van der Waals surface area (Å²) >= 11 is 0. The van der Waals surface area contributed by atoms with Gasteiger partial charge in [0.15, 0.2) is 0 Å². The zero-order chi connectivity index (χ0) is 17.7. The van der Waals surface area contributed by atoms with Crippen molar-refractivity contribution in [3.05, 3.63) is 53.5 Å². The van der Waals surface area contributed by atoms with Crippen LogP contribution in [0.3, 0.4) is 0 Å². The van der Waals surface area contributed by atoms with Crippen LogP contribution in [-0.4, -0.2) is 31.7 Å². The van der Waals surface area contributed by atoms with E-state index in [1.165, 1.54) is 16.6 Å². The zero-order valence-electron chi connectivity index (χ0n) is 14.1. The molecule has 2 aromatic rings. The van der Waals surface area contributed by atoms with Crippen LogP contribution < -0.4 is 5.32 Å². The van der Waals surface area contributed by atoms with Gasteiger partial charge in [0.2, 0.25) is 10.0 Å². The van der Waals surface area contributed by atoms with E-state index in [1.54, 1.807) is 45.0 Å². The van der Waals surface area contributed by atoms with Gasteiger partial charge in [-0.15, -0.1) is 0 Å². The highest BCUT2D eigenvalue weighted by Crippen LogP contribution is 2.21. The molecule has 1 N–H and O–H groups in total. The van der Waals surface area contributed by atoms with Crippen molar-refractivity contribution in [2.75, 3.05) is 13.1 Å². The molecule has 1 aromatic carbocycles. The van der Waals surface area contributed by atoms with Crippen molar-refractivity contribution in [1.29, 1.82) is 0 Å². The first-order valence-electron chi connectivity index (χ1n) is 7.81. The topological polar surface area (TPSA) is 79.6 Å². The van der Waals surface area contributed by atoms with Gasteiger partial charge in [0, 0.05) is 18.7 Å². The number of nitrogens with zero attached hydrogens (tertiary/aromatic N) is 1. The smallest absolute Gasteiger partial charge is 0.251 e. The molecular formula is C17H22N2O4S. The Morgan fingerprint density at radius 3 is 2.50 bits per heavy atom. The fourth-order valence-electron chi connectivity index (χ4n) is 2.40. The third-order valence-corrected chi connectivity index (χ3v) is 5.97. The zero-order valence-corrected chi connectivity index (χ0v) is 14.9. The third-order valence-electron chi connectivity index (χ3n) is 3.78. The second kappa shape index (κ2) is 7.63. The fourth-order valence-corrected chi connectivity index (χ4v) is 4.11. The van der Waals surface area contributed by atoms with Gasteiger partial charge in [0.05, 0.1) is 17.7 Å². The minimum atomic E-state index is -3.61. The van der Waals surface area contributed by atoms with Crippen molar-refractivity contribution < 1.29 is 17.6 Å². The lowest BCUT2D eigenvalue weighted by Crippen LogP contribution is -2.31. The van der Waals surface area contributed by atoms with Gasteiger partial charge in [-0.1, -0.05) is 19.9 Å². The summed E-state index contributed by atoms with van der Waals surface area (Å²) in [7, 11) is -3.61. The van der Waals surface area contributed by atoms with Crippen LogP contribution in [0.1, 0.15) is 35.5 Å². The molecule has 0 radical (unpaired) electrons. The molecule has 24 heavy (non-hydrogen) atoms. The first-order chi connectivity index (χ1) is 11.4. The van der Waals surface area contributed by atoms with Crippen LogP contribution in [0.4, 0.5) is 0 Å². The third kappa shape index (κ3) is 3.85. The molecule has 0 saturated heterocycles. The number of amides is 1. The Kier molecular flexibility index (Phi) is 5.80. The second-order valence-corrected chi connectivity index (χ2v) is 7.24. The molecule has 0 aliphatic carbocycles. The molecule has 7 heteroatoms. The summed E-state index contributed by atoms with van der Waals surface area (Å²) < 4.78 is 32.0. The van der Waals surface area contributed by atoms with Crippen molar-refractivity contribution >= 4 is 15.9 Å². The van der Waals surface area contributed by atoms with Crippen molar-refractivity contribution in [3.8, 4) is 0 Å². The minimum Gasteiger partial charge on any atom is -0.467 e. The molecule has 0 fully saturated rings. The number of sulfonamides is 1. The van der Waals surface area contributed by atoms with Gasteiger partial charge in [-0.2, -0.15) is 4.31 Å². The molecule has 0 bridgehead atoms. The number of nitrogens with one attached hydrogen (secondary N) is 1. The summed E-state index contributed by atoms with van der Waals surface area (Å²) in [6, 6.07) is 8.19. The molecule has 2 rings (SSSR count). The molecule has 0 atom stereocenters. The maximum absolute atomic E-state index is 12.7. The van der Waals surface area contributed by atoms with Crippen molar-refractivity contribution in [2.24, 2.45) is 0 Å². The lowest BCUT2D eigenvalue weighted by Gasteiger charge is -2.20. The summed E-state index contributed by atoms with van der Waals surface area (Å²) in [6.45, 7) is 6.31. The van der Waals surface area contributed by atoms with Crippen molar-refractivity contribution in [3.63, 3.8) is 0 Å². The Morgan fingerprint density at radius 1 is 1.21 bits per heavy atom. The molecule has 1 aromatic heterocycles. The van der Waals surface area contributed by atoms with Crippen LogP contribution in [0.5, 0.6) is 0 Å². The molecule has 1 heterocycles. The summed E-state index contributed by atoms with van der Waals surface area (Å²) in [4.78, 5) is 12.4. The van der Waals surface area contributed by atoms with Gasteiger partial charge in [-0.25, -0.2) is 8.42 Å². The van der Waals surface area contributed by atoms with Crippen LogP contribution in [0.25, 0.3) is 0 Å². The number of hydrogen-bond acceptors (Lipinski definition) is 4. The van der Waals surface area contributed by atoms with E-state index >= 15 is 0 Å². The van der Waals surface area contributed by atoms with Crippen molar-refractivity contribution in [2.45, 2.75) is 32.2 Å². The quantitative estimate of drug-likeness (QED) is 0.832. The molecule has 0 aliphatic heterocycles. The number of carbonyl (C=O) groups is 1. The normalized spacial score (nSPS) is 11.7. The van der Waals surface area contributed by atoms with Crippen LogP contribution in [0.2, 0.25) is 0 Å². The van der Waals surface area contributed by atoms with Gasteiger partial charge < -0.3 is 9.73 Å². The van der Waals surface area contributed by atoms with Gasteiger partial charge in [0.25, 0.3) is 5.91 Å². The Bertz CT molecular complexity index is 794. The summed E-state index contributed by atoms with van der Waals surface area (Å²) in [5.74, 6) is 0.286. The maximum atomic E-state index is 12.7. The Balaban J connectivity index is 2.26. The highest BCUT2D eigenvalue weighted by atomic mass is 32.2. The van der Waals surface area contributed by atoms with Gasteiger partial charge in [0.1, 0.15) is 5.76 Å². The lowest BCUT2D eigenvalue weighted by molar-refractivity contribution is 0.0948. The molecule has 0 aliphatic rings. The van der Waals surface area contributed by atoms with Crippen molar-refractivity contribution in [1.82, 2.24) is 9.62 Å². The molecule has 1 amide bonds. The van der Waals surface area contributed by atoms with Gasteiger partial charge >= 0.3 is 0 Å². The van der Waals surface area contributed by atoms with E-state index < -0.39 is 10.0 Å². The standard InChI is InChI=1S/C17H22N2O4S/c1-4-19(5-2)24(21,22)16-11-14(9-8-13(16)3)17(20)18-12-15-7-6-10-23-15/h6-11H,4-5,12H2,1-3H3,(H,18,20). The first kappa shape index (κ1) is 18.2. The average Bonchev–Trinajstić information content (AvgIpc) is 3.07. The maximum Gasteiger partial charge on any atom is 0.251 e. The molecule has 130 valence electrons. The van der Waals surface area contributed by atoms with Crippen LogP contribution in [0.15, 0.2) is 45.9 Å². The monoisotopic (exact) mass is 350 g/mol. The Labute approximate surface area is 142 Å². The SMILES string of the molecule is CCN(CC)S(=O)(=O)c1cc(C(=O)NCc2ccco2)ccc1C. The average molecular weight is 350 g/mol. The summed E-state index contributed by atoms with van der Waals surface area (Å²) in [5.41, 5.74) is 0.919. The van der Waals surface area contributed by atoms with Crippen LogP contribution >= 0.6 is 0 Å². The van der Waals surface area contributed by atoms with E-state index in [9.17, 15) is 13.2 Å². The highest BCUT2D eigenvalue weighted by molar-refractivity contribution is 7.89. The van der Waals surface area contributed by atoms with E-state index in [0.29, 0.717) is 30.0 Å². The summed E-state index contributed by atoms with van der Waals surface area (Å²) in [5, 5.41) is 2.72. The number of furan rings is 1. The summed E-state index contributed by atoms with van der Waals surface area (Å²) in [6.07, 6.45) is 1.53. The van der Waals surface area contributed by atoms with E-state index in [-0.39, 0.29) is 17.3 Å². The molecule has 0 spiro atoms. The van der Waals surface area contributed by atoms with E-state index in [2.05, 4.69) is 5.32 Å². The van der Waals surface area contributed by atoms with Gasteiger partial charge in [-0.05, 0) is 36.8 Å².